The van der Waals surface area contributed by atoms with Gasteiger partial charge in [-0.1, -0.05) is 28.1 Å². The number of pyridine rings is 2. The van der Waals surface area contributed by atoms with Gasteiger partial charge in [-0.15, -0.1) is 0 Å². The lowest BCUT2D eigenvalue weighted by molar-refractivity contribution is 0.102. The molecule has 0 fully saturated rings. The summed E-state index contributed by atoms with van der Waals surface area (Å²) in [5.74, 6) is -0.246. The Bertz CT molecular complexity index is 822. The number of carbonyl (C=O) groups excluding carboxylic acids is 1. The van der Waals surface area contributed by atoms with Gasteiger partial charge < -0.3 is 10.6 Å². The van der Waals surface area contributed by atoms with Crippen LogP contribution in [-0.4, -0.2) is 15.9 Å². The molecule has 2 heterocycles. The Balaban J connectivity index is 1.60. The van der Waals surface area contributed by atoms with E-state index in [0.29, 0.717) is 17.9 Å². The predicted molar refractivity (Wildman–Crippen MR) is 97.9 cm³/mol. The molecule has 0 unspecified atom stereocenters. The monoisotopic (exact) mass is 382 g/mol. The number of carbonyl (C=O) groups is 1. The Morgan fingerprint density at radius 3 is 2.62 bits per heavy atom. The van der Waals surface area contributed by atoms with Gasteiger partial charge in [0, 0.05) is 16.4 Å². The second kappa shape index (κ2) is 7.70. The molecule has 5 nitrogen and oxygen atoms in total. The van der Waals surface area contributed by atoms with Crippen molar-refractivity contribution in [1.82, 2.24) is 9.97 Å². The quantitative estimate of drug-likeness (QED) is 0.696. The van der Waals surface area contributed by atoms with Crippen LogP contribution in [0.3, 0.4) is 0 Å². The van der Waals surface area contributed by atoms with Gasteiger partial charge in [0.1, 0.15) is 5.69 Å². The van der Waals surface area contributed by atoms with Crippen LogP contribution in [0.5, 0.6) is 0 Å². The van der Waals surface area contributed by atoms with Crippen LogP contribution in [0.15, 0.2) is 71.5 Å². The zero-order chi connectivity index (χ0) is 16.8. The van der Waals surface area contributed by atoms with Crippen molar-refractivity contribution in [3.05, 3.63) is 82.9 Å². The summed E-state index contributed by atoms with van der Waals surface area (Å²) in [6.45, 7) is 0.603. The van der Waals surface area contributed by atoms with Crippen LogP contribution >= 0.6 is 15.9 Å². The topological polar surface area (TPSA) is 66.9 Å². The first-order valence-electron chi connectivity index (χ1n) is 7.37. The molecule has 3 aromatic rings. The zero-order valence-electron chi connectivity index (χ0n) is 12.7. The Morgan fingerprint density at radius 1 is 1.00 bits per heavy atom. The summed E-state index contributed by atoms with van der Waals surface area (Å²) in [6, 6.07) is 16.7. The smallest absolute Gasteiger partial charge is 0.274 e. The normalized spacial score (nSPS) is 10.2. The number of benzene rings is 1. The molecule has 120 valence electrons. The van der Waals surface area contributed by atoms with Crippen molar-refractivity contribution >= 4 is 33.2 Å². The van der Waals surface area contributed by atoms with Crippen LogP contribution in [0.25, 0.3) is 0 Å². The van der Waals surface area contributed by atoms with Crippen molar-refractivity contribution in [2.75, 3.05) is 10.6 Å². The molecule has 6 heteroatoms. The molecular formula is C18H15BrN4O. The van der Waals surface area contributed by atoms with Gasteiger partial charge in [-0.3, -0.25) is 9.78 Å². The van der Waals surface area contributed by atoms with Gasteiger partial charge in [-0.25, -0.2) is 4.98 Å². The summed E-state index contributed by atoms with van der Waals surface area (Å²) in [4.78, 5) is 20.6. The molecular weight excluding hydrogens is 368 g/mol. The highest BCUT2D eigenvalue weighted by Crippen LogP contribution is 2.16. The highest BCUT2D eigenvalue weighted by atomic mass is 79.9. The van der Waals surface area contributed by atoms with E-state index in [-0.39, 0.29) is 5.91 Å². The van der Waals surface area contributed by atoms with E-state index in [1.54, 1.807) is 18.5 Å². The van der Waals surface area contributed by atoms with Crippen LogP contribution in [0, 0.1) is 0 Å². The average Bonchev–Trinajstić information content (AvgIpc) is 2.61. The second-order valence-electron chi connectivity index (χ2n) is 5.07. The molecule has 0 aliphatic carbocycles. The fourth-order valence-electron chi connectivity index (χ4n) is 2.09. The minimum atomic E-state index is -0.246. The largest absolute Gasteiger partial charge is 0.378 e. The van der Waals surface area contributed by atoms with Crippen molar-refractivity contribution < 1.29 is 4.79 Å². The highest BCUT2D eigenvalue weighted by Gasteiger charge is 2.08. The van der Waals surface area contributed by atoms with E-state index in [1.165, 1.54) is 0 Å². The Kier molecular flexibility index (Phi) is 5.18. The van der Waals surface area contributed by atoms with Crippen LogP contribution in [0.1, 0.15) is 16.2 Å². The number of anilines is 2. The van der Waals surface area contributed by atoms with E-state index in [4.69, 9.17) is 0 Å². The number of aromatic nitrogens is 2. The number of nitrogens with one attached hydrogen (secondary N) is 2. The predicted octanol–water partition coefficient (Wildman–Crippen LogP) is 4.10. The SMILES string of the molecule is O=C(Nc1cccc(Br)c1)c1ccc(NCc2ccccn2)cn1. The van der Waals surface area contributed by atoms with Crippen LogP contribution < -0.4 is 10.6 Å². The van der Waals surface area contributed by atoms with Gasteiger partial charge in [0.05, 0.1) is 24.1 Å². The number of halogens is 1. The lowest BCUT2D eigenvalue weighted by atomic mass is 10.2. The first kappa shape index (κ1) is 16.1. The van der Waals surface area contributed by atoms with Crippen LogP contribution in [0.4, 0.5) is 11.4 Å². The first-order chi connectivity index (χ1) is 11.7. The Hall–Kier alpha value is -2.73. The summed E-state index contributed by atoms with van der Waals surface area (Å²) < 4.78 is 0.905. The summed E-state index contributed by atoms with van der Waals surface area (Å²) in [5, 5.41) is 6.04. The summed E-state index contributed by atoms with van der Waals surface area (Å²) in [5.41, 5.74) is 2.85. The van der Waals surface area contributed by atoms with Crippen molar-refractivity contribution in [2.45, 2.75) is 6.54 Å². The molecule has 0 atom stereocenters. The summed E-state index contributed by atoms with van der Waals surface area (Å²) in [6.07, 6.45) is 3.39. The maximum absolute atomic E-state index is 12.2. The number of amides is 1. The number of rotatable bonds is 5. The van der Waals surface area contributed by atoms with E-state index in [2.05, 4.69) is 36.5 Å². The van der Waals surface area contributed by atoms with E-state index < -0.39 is 0 Å². The average molecular weight is 383 g/mol. The number of hydrogen-bond donors (Lipinski definition) is 2. The van der Waals surface area contributed by atoms with Crippen molar-refractivity contribution in [3.8, 4) is 0 Å². The second-order valence-corrected chi connectivity index (χ2v) is 5.99. The molecule has 0 aliphatic heterocycles. The van der Waals surface area contributed by atoms with E-state index in [9.17, 15) is 4.79 Å². The van der Waals surface area contributed by atoms with Crippen LogP contribution in [0.2, 0.25) is 0 Å². The van der Waals surface area contributed by atoms with Gasteiger partial charge in [0.15, 0.2) is 0 Å². The fraction of sp³-hybridized carbons (Fsp3) is 0.0556. The molecule has 3 rings (SSSR count). The highest BCUT2D eigenvalue weighted by molar-refractivity contribution is 9.10. The first-order valence-corrected chi connectivity index (χ1v) is 8.17. The minimum Gasteiger partial charge on any atom is -0.378 e. The Morgan fingerprint density at radius 2 is 1.92 bits per heavy atom. The Labute approximate surface area is 148 Å². The molecule has 0 radical (unpaired) electrons. The standard InChI is InChI=1S/C18H15BrN4O/c19-13-4-3-6-14(10-13)23-18(24)17-8-7-16(12-22-17)21-11-15-5-1-2-9-20-15/h1-10,12,21H,11H2,(H,23,24). The molecule has 0 spiro atoms. The summed E-state index contributed by atoms with van der Waals surface area (Å²) >= 11 is 3.37. The van der Waals surface area contributed by atoms with Gasteiger partial charge in [-0.2, -0.15) is 0 Å². The lowest BCUT2D eigenvalue weighted by Crippen LogP contribution is -2.13. The van der Waals surface area contributed by atoms with Gasteiger partial charge in [-0.05, 0) is 42.5 Å². The molecule has 24 heavy (non-hydrogen) atoms. The molecule has 1 aromatic carbocycles. The third-order valence-corrected chi connectivity index (χ3v) is 3.77. The van der Waals surface area contributed by atoms with Gasteiger partial charge in [0.25, 0.3) is 5.91 Å². The maximum Gasteiger partial charge on any atom is 0.274 e. The minimum absolute atomic E-state index is 0.246. The zero-order valence-corrected chi connectivity index (χ0v) is 14.3. The molecule has 0 saturated heterocycles. The van der Waals surface area contributed by atoms with Crippen molar-refractivity contribution in [2.24, 2.45) is 0 Å². The van der Waals surface area contributed by atoms with E-state index >= 15 is 0 Å². The summed E-state index contributed by atoms with van der Waals surface area (Å²) in [7, 11) is 0. The third-order valence-electron chi connectivity index (χ3n) is 3.28. The third kappa shape index (κ3) is 4.39. The van der Waals surface area contributed by atoms with Gasteiger partial charge in [0.2, 0.25) is 0 Å². The molecule has 2 aromatic heterocycles. The molecule has 1 amide bonds. The molecule has 0 bridgehead atoms. The molecule has 2 N–H and O–H groups in total. The molecule has 0 aliphatic rings. The lowest BCUT2D eigenvalue weighted by Gasteiger charge is -2.07. The fourth-order valence-corrected chi connectivity index (χ4v) is 2.49. The van der Waals surface area contributed by atoms with Crippen LogP contribution in [-0.2, 0) is 6.54 Å². The van der Waals surface area contributed by atoms with E-state index in [0.717, 1.165) is 15.9 Å². The maximum atomic E-state index is 12.2. The van der Waals surface area contributed by atoms with Crippen molar-refractivity contribution in [1.29, 1.82) is 0 Å². The number of hydrogen-bond acceptors (Lipinski definition) is 4. The van der Waals surface area contributed by atoms with Crippen molar-refractivity contribution in [3.63, 3.8) is 0 Å². The van der Waals surface area contributed by atoms with E-state index in [1.807, 2.05) is 48.5 Å². The molecule has 0 saturated carbocycles. The number of nitrogens with zero attached hydrogens (tertiary/aromatic N) is 2. The van der Waals surface area contributed by atoms with Gasteiger partial charge >= 0.3 is 0 Å².